The lowest BCUT2D eigenvalue weighted by Gasteiger charge is -2.24. The molecule has 0 saturated heterocycles. The number of unbranched alkanes of at least 4 members (excludes halogenated alkanes) is 1. The Labute approximate surface area is 296 Å². The summed E-state index contributed by atoms with van der Waals surface area (Å²) in [5.41, 5.74) is 1.55. The molecule has 13 heteroatoms. The van der Waals surface area contributed by atoms with Crippen molar-refractivity contribution in [1.82, 2.24) is 15.2 Å². The molecule has 1 unspecified atom stereocenters. The van der Waals surface area contributed by atoms with Crippen LogP contribution < -0.4 is 15.4 Å². The molecule has 278 valence electrons. The lowest BCUT2D eigenvalue weighted by Crippen LogP contribution is -2.36. The first-order chi connectivity index (χ1) is 24.1. The Hall–Kier alpha value is -3.94. The van der Waals surface area contributed by atoms with Crippen LogP contribution in [0.4, 0.5) is 10.6 Å². The van der Waals surface area contributed by atoms with Crippen LogP contribution in [0.25, 0.3) is 0 Å². The molecular formula is C37H56N4O9. The Morgan fingerprint density at radius 1 is 0.880 bits per heavy atom. The molecule has 0 bridgehead atoms. The van der Waals surface area contributed by atoms with Gasteiger partial charge in [0, 0.05) is 45.6 Å². The van der Waals surface area contributed by atoms with E-state index in [1.165, 1.54) is 7.11 Å². The second kappa shape index (κ2) is 22.7. The van der Waals surface area contributed by atoms with E-state index in [1.54, 1.807) is 6.20 Å². The zero-order valence-electron chi connectivity index (χ0n) is 30.2. The topological polar surface area (TPSA) is 147 Å². The number of anilines is 1. The number of amides is 2. The van der Waals surface area contributed by atoms with Gasteiger partial charge in [-0.3, -0.25) is 9.59 Å². The summed E-state index contributed by atoms with van der Waals surface area (Å²) in [6.45, 7) is 11.2. The van der Waals surface area contributed by atoms with Crippen molar-refractivity contribution in [3.63, 3.8) is 0 Å². The van der Waals surface area contributed by atoms with Gasteiger partial charge in [0.05, 0.1) is 52.5 Å². The van der Waals surface area contributed by atoms with Crippen molar-refractivity contribution in [3.05, 3.63) is 53.7 Å². The number of fused-ring (bicyclic) bond motifs is 1. The van der Waals surface area contributed by atoms with Gasteiger partial charge < -0.3 is 44.0 Å². The first-order valence-corrected chi connectivity index (χ1v) is 17.6. The third-order valence-electron chi connectivity index (χ3n) is 7.71. The average Bonchev–Trinajstić information content (AvgIpc) is 3.21. The van der Waals surface area contributed by atoms with E-state index in [2.05, 4.69) is 15.6 Å². The predicted molar refractivity (Wildman–Crippen MR) is 189 cm³/mol. The summed E-state index contributed by atoms with van der Waals surface area (Å²) in [4.78, 5) is 43.4. The normalized spacial score (nSPS) is 14.4. The van der Waals surface area contributed by atoms with Crippen molar-refractivity contribution >= 4 is 23.8 Å². The fourth-order valence-electron chi connectivity index (χ4n) is 5.25. The van der Waals surface area contributed by atoms with E-state index in [1.807, 2.05) is 62.1 Å². The maximum atomic E-state index is 13.5. The fraction of sp³-hybridized carbons (Fsp3) is 0.622. The van der Waals surface area contributed by atoms with Crippen molar-refractivity contribution in [1.29, 1.82) is 0 Å². The lowest BCUT2D eigenvalue weighted by molar-refractivity contribution is -0.147. The van der Waals surface area contributed by atoms with E-state index in [0.717, 1.165) is 48.5 Å². The standard InChI is InChI=1S/C37H56N4O9/c1-37(2,3)50-36(44)40-15-7-8-18-46-21-23-48-24-22-47-19-10-17-41-28-31-26-32(49-20-9-16-39-33-11-5-6-14-38-33)13-12-29(31)25-30(35(41)43)27-34(42)45-4/h5-6,11-14,26,30H,7-10,15-25,27-28H2,1-4H3,(H,38,39)(H,40,44). The summed E-state index contributed by atoms with van der Waals surface area (Å²) in [6, 6.07) is 11.7. The first kappa shape index (κ1) is 40.5. The summed E-state index contributed by atoms with van der Waals surface area (Å²) < 4.78 is 33.0. The molecule has 2 heterocycles. The van der Waals surface area contributed by atoms with Gasteiger partial charge in [-0.15, -0.1) is 0 Å². The maximum absolute atomic E-state index is 13.5. The molecule has 0 aliphatic carbocycles. The highest BCUT2D eigenvalue weighted by molar-refractivity contribution is 5.84. The minimum atomic E-state index is -0.501. The number of nitrogens with zero attached hydrogens (tertiary/aromatic N) is 2. The maximum Gasteiger partial charge on any atom is 0.407 e. The smallest absolute Gasteiger partial charge is 0.407 e. The van der Waals surface area contributed by atoms with Crippen LogP contribution in [0.3, 0.4) is 0 Å². The zero-order valence-corrected chi connectivity index (χ0v) is 30.2. The summed E-state index contributed by atoms with van der Waals surface area (Å²) >= 11 is 0. The molecule has 1 aromatic heterocycles. The molecule has 50 heavy (non-hydrogen) atoms. The van der Waals surface area contributed by atoms with Crippen LogP contribution in [-0.2, 0) is 46.2 Å². The number of nitrogens with one attached hydrogen (secondary N) is 2. The quantitative estimate of drug-likeness (QED) is 0.122. The molecule has 1 aromatic carbocycles. The summed E-state index contributed by atoms with van der Waals surface area (Å²) in [6.07, 6.45) is 4.94. The molecule has 1 aliphatic heterocycles. The van der Waals surface area contributed by atoms with Crippen LogP contribution in [0, 0.1) is 5.92 Å². The van der Waals surface area contributed by atoms with Gasteiger partial charge in [0.15, 0.2) is 0 Å². The highest BCUT2D eigenvalue weighted by Gasteiger charge is 2.31. The number of carbonyl (C=O) groups is 3. The Morgan fingerprint density at radius 2 is 1.62 bits per heavy atom. The number of alkyl carbamates (subject to hydrolysis) is 1. The Kier molecular flexibility index (Phi) is 18.4. The van der Waals surface area contributed by atoms with Crippen LogP contribution in [0.15, 0.2) is 42.6 Å². The number of benzene rings is 1. The van der Waals surface area contributed by atoms with Gasteiger partial charge in [-0.25, -0.2) is 9.78 Å². The van der Waals surface area contributed by atoms with Crippen LogP contribution in [-0.4, -0.2) is 106 Å². The largest absolute Gasteiger partial charge is 0.494 e. The van der Waals surface area contributed by atoms with Gasteiger partial charge in [-0.2, -0.15) is 0 Å². The van der Waals surface area contributed by atoms with E-state index in [9.17, 15) is 14.4 Å². The number of esters is 1. The number of ether oxygens (including phenoxy) is 6. The van der Waals surface area contributed by atoms with Crippen LogP contribution in [0.2, 0.25) is 0 Å². The number of hydrogen-bond donors (Lipinski definition) is 2. The highest BCUT2D eigenvalue weighted by atomic mass is 16.6. The van der Waals surface area contributed by atoms with E-state index < -0.39 is 23.6 Å². The fourth-order valence-corrected chi connectivity index (χ4v) is 5.25. The predicted octanol–water partition coefficient (Wildman–Crippen LogP) is 4.77. The molecule has 1 aliphatic rings. The number of hydrogen-bond acceptors (Lipinski definition) is 11. The van der Waals surface area contributed by atoms with Crippen LogP contribution in [0.5, 0.6) is 5.75 Å². The lowest BCUT2D eigenvalue weighted by atomic mass is 9.94. The Balaban J connectivity index is 1.31. The number of carbonyl (C=O) groups excluding carboxylic acids is 3. The third kappa shape index (κ3) is 16.6. The zero-order chi connectivity index (χ0) is 36.0. The Bertz CT molecular complexity index is 1290. The van der Waals surface area contributed by atoms with E-state index in [0.29, 0.717) is 78.7 Å². The van der Waals surface area contributed by atoms with Crippen molar-refractivity contribution < 1.29 is 42.8 Å². The second-order valence-electron chi connectivity index (χ2n) is 13.0. The first-order valence-electron chi connectivity index (χ1n) is 17.6. The average molecular weight is 701 g/mol. The molecule has 2 amide bonds. The molecule has 0 fully saturated rings. The van der Waals surface area contributed by atoms with Crippen LogP contribution >= 0.6 is 0 Å². The van der Waals surface area contributed by atoms with E-state index in [-0.39, 0.29) is 12.3 Å². The Morgan fingerprint density at radius 3 is 2.32 bits per heavy atom. The van der Waals surface area contributed by atoms with Gasteiger partial charge in [-0.05, 0) is 88.3 Å². The SMILES string of the molecule is COC(=O)CC1Cc2ccc(OCCCNc3ccccn3)cc2CN(CCCOCCOCCOCCCCNC(=O)OC(C)(C)C)C1=O. The molecule has 0 radical (unpaired) electrons. The number of methoxy groups -OCH3 is 1. The molecular weight excluding hydrogens is 644 g/mol. The molecule has 0 saturated carbocycles. The molecule has 2 N–H and O–H groups in total. The van der Waals surface area contributed by atoms with Crippen molar-refractivity contribution in [2.45, 2.75) is 71.4 Å². The third-order valence-corrected chi connectivity index (χ3v) is 7.71. The molecule has 1 atom stereocenters. The molecule has 13 nitrogen and oxygen atoms in total. The monoisotopic (exact) mass is 700 g/mol. The van der Waals surface area contributed by atoms with E-state index >= 15 is 0 Å². The van der Waals surface area contributed by atoms with Gasteiger partial charge >= 0.3 is 12.1 Å². The van der Waals surface area contributed by atoms with Crippen molar-refractivity contribution in [2.75, 3.05) is 78.3 Å². The molecule has 2 aromatic rings. The van der Waals surface area contributed by atoms with Crippen LogP contribution in [0.1, 0.15) is 64.0 Å². The number of rotatable bonds is 23. The summed E-state index contributed by atoms with van der Waals surface area (Å²) in [7, 11) is 1.34. The van der Waals surface area contributed by atoms with Gasteiger partial charge in [-0.1, -0.05) is 12.1 Å². The van der Waals surface area contributed by atoms with Gasteiger partial charge in [0.1, 0.15) is 17.2 Å². The van der Waals surface area contributed by atoms with Gasteiger partial charge in [0.25, 0.3) is 0 Å². The highest BCUT2D eigenvalue weighted by Crippen LogP contribution is 2.28. The van der Waals surface area contributed by atoms with E-state index in [4.69, 9.17) is 28.4 Å². The van der Waals surface area contributed by atoms with Crippen molar-refractivity contribution in [3.8, 4) is 5.75 Å². The molecule has 0 spiro atoms. The summed E-state index contributed by atoms with van der Waals surface area (Å²) in [5, 5.41) is 6.01. The number of pyridine rings is 1. The van der Waals surface area contributed by atoms with Gasteiger partial charge in [0.2, 0.25) is 5.91 Å². The number of aromatic nitrogens is 1. The minimum absolute atomic E-state index is 0.0374. The molecule has 3 rings (SSSR count). The summed E-state index contributed by atoms with van der Waals surface area (Å²) in [5.74, 6) is 0.643. The minimum Gasteiger partial charge on any atom is -0.494 e. The second-order valence-corrected chi connectivity index (χ2v) is 13.0. The van der Waals surface area contributed by atoms with Crippen molar-refractivity contribution in [2.24, 2.45) is 5.92 Å².